The largest absolute Gasteiger partial charge is 0.495 e. The smallest absolute Gasteiger partial charge is 0.244 e. The number of aryl methyl sites for hydroxylation is 1. The van der Waals surface area contributed by atoms with E-state index in [0.717, 1.165) is 0 Å². The van der Waals surface area contributed by atoms with E-state index in [2.05, 4.69) is 14.9 Å². The molecule has 2 aromatic rings. The Morgan fingerprint density at radius 2 is 2.11 bits per heavy atom. The van der Waals surface area contributed by atoms with Crippen LogP contribution in [0.5, 0.6) is 5.75 Å². The molecule has 0 aliphatic rings. The van der Waals surface area contributed by atoms with Crippen LogP contribution in [-0.4, -0.2) is 25.7 Å². The van der Waals surface area contributed by atoms with Crippen LogP contribution in [0.1, 0.15) is 11.7 Å². The molecule has 0 amide bonds. The molecular formula is C11H13N3O4S. The highest BCUT2D eigenvalue weighted by atomic mass is 32.2. The van der Waals surface area contributed by atoms with Crippen LogP contribution in [0.4, 0.5) is 0 Å². The Morgan fingerprint density at radius 3 is 2.74 bits per heavy atom. The van der Waals surface area contributed by atoms with Crippen LogP contribution in [0, 0.1) is 6.92 Å². The summed E-state index contributed by atoms with van der Waals surface area (Å²) < 4.78 is 36.4. The van der Waals surface area contributed by atoms with Crippen LogP contribution >= 0.6 is 0 Å². The van der Waals surface area contributed by atoms with Gasteiger partial charge < -0.3 is 9.26 Å². The number of rotatable bonds is 5. The van der Waals surface area contributed by atoms with Crippen LogP contribution in [-0.2, 0) is 16.6 Å². The van der Waals surface area contributed by atoms with Crippen LogP contribution in [0.15, 0.2) is 33.7 Å². The van der Waals surface area contributed by atoms with Gasteiger partial charge in [0, 0.05) is 0 Å². The van der Waals surface area contributed by atoms with Crippen LogP contribution in [0.25, 0.3) is 0 Å². The van der Waals surface area contributed by atoms with Crippen LogP contribution in [0.3, 0.4) is 0 Å². The standard InChI is InChI=1S/C11H13N3O4S/c1-8-13-11(18-14-8)7-12-19(15,16)10-6-4-3-5-9(10)17-2/h3-6,12H,7H2,1-2H3. The average Bonchev–Trinajstić information content (AvgIpc) is 2.82. The molecule has 1 N–H and O–H groups in total. The number of hydrogen-bond donors (Lipinski definition) is 1. The SMILES string of the molecule is COc1ccccc1S(=O)(=O)NCc1nc(C)no1. The summed E-state index contributed by atoms with van der Waals surface area (Å²) >= 11 is 0. The van der Waals surface area contributed by atoms with Crippen molar-refractivity contribution in [3.63, 3.8) is 0 Å². The number of aromatic nitrogens is 2. The number of nitrogens with zero attached hydrogens (tertiary/aromatic N) is 2. The van der Waals surface area contributed by atoms with E-state index in [4.69, 9.17) is 9.26 Å². The van der Waals surface area contributed by atoms with E-state index in [1.807, 2.05) is 0 Å². The number of sulfonamides is 1. The third kappa shape index (κ3) is 3.09. The van der Waals surface area contributed by atoms with Gasteiger partial charge in [0.05, 0.1) is 13.7 Å². The fourth-order valence-corrected chi connectivity index (χ4v) is 2.63. The minimum atomic E-state index is -3.69. The van der Waals surface area contributed by atoms with Gasteiger partial charge in [0.1, 0.15) is 10.6 Å². The van der Waals surface area contributed by atoms with Gasteiger partial charge in [-0.25, -0.2) is 13.1 Å². The molecule has 0 saturated carbocycles. The lowest BCUT2D eigenvalue weighted by molar-refractivity contribution is 0.371. The van der Waals surface area contributed by atoms with Crippen molar-refractivity contribution in [3.8, 4) is 5.75 Å². The third-order valence-corrected chi connectivity index (χ3v) is 3.78. The molecule has 7 nitrogen and oxygen atoms in total. The molecule has 0 unspecified atom stereocenters. The van der Waals surface area contributed by atoms with Crippen molar-refractivity contribution in [1.82, 2.24) is 14.9 Å². The van der Waals surface area contributed by atoms with Crippen LogP contribution in [0.2, 0.25) is 0 Å². The first kappa shape index (κ1) is 13.5. The normalized spacial score (nSPS) is 11.5. The molecule has 0 spiro atoms. The van der Waals surface area contributed by atoms with Crippen molar-refractivity contribution in [2.75, 3.05) is 7.11 Å². The highest BCUT2D eigenvalue weighted by molar-refractivity contribution is 7.89. The van der Waals surface area contributed by atoms with Gasteiger partial charge in [-0.05, 0) is 19.1 Å². The van der Waals surface area contributed by atoms with Crippen molar-refractivity contribution in [1.29, 1.82) is 0 Å². The Labute approximate surface area is 110 Å². The zero-order valence-electron chi connectivity index (χ0n) is 10.5. The van der Waals surface area contributed by atoms with Crippen molar-refractivity contribution in [2.24, 2.45) is 0 Å². The van der Waals surface area contributed by atoms with Gasteiger partial charge >= 0.3 is 0 Å². The van der Waals surface area contributed by atoms with Gasteiger partial charge in [0.2, 0.25) is 15.9 Å². The van der Waals surface area contributed by atoms with E-state index >= 15 is 0 Å². The second-order valence-corrected chi connectivity index (χ2v) is 5.45. The predicted molar refractivity (Wildman–Crippen MR) is 66.1 cm³/mol. The fraction of sp³-hybridized carbons (Fsp3) is 0.273. The summed E-state index contributed by atoms with van der Waals surface area (Å²) in [6, 6.07) is 6.35. The summed E-state index contributed by atoms with van der Waals surface area (Å²) in [5.41, 5.74) is 0. The van der Waals surface area contributed by atoms with E-state index in [-0.39, 0.29) is 23.1 Å². The summed E-state index contributed by atoms with van der Waals surface area (Å²) in [6.07, 6.45) is 0. The molecule has 8 heteroatoms. The summed E-state index contributed by atoms with van der Waals surface area (Å²) in [5.74, 6) is 0.930. The maximum Gasteiger partial charge on any atom is 0.244 e. The van der Waals surface area contributed by atoms with E-state index in [1.165, 1.54) is 13.2 Å². The van der Waals surface area contributed by atoms with E-state index in [1.54, 1.807) is 25.1 Å². The maximum absolute atomic E-state index is 12.1. The molecule has 0 fully saturated rings. The zero-order chi connectivity index (χ0) is 13.9. The molecule has 0 bridgehead atoms. The number of benzene rings is 1. The zero-order valence-corrected chi connectivity index (χ0v) is 11.3. The highest BCUT2D eigenvalue weighted by Crippen LogP contribution is 2.22. The molecule has 1 heterocycles. The summed E-state index contributed by atoms with van der Waals surface area (Å²) in [7, 11) is -2.28. The van der Waals surface area contributed by atoms with Crippen LogP contribution < -0.4 is 9.46 Å². The molecule has 0 radical (unpaired) electrons. The number of nitrogens with one attached hydrogen (secondary N) is 1. The van der Waals surface area contributed by atoms with Gasteiger partial charge in [-0.3, -0.25) is 0 Å². The minimum absolute atomic E-state index is 0.0636. The molecule has 0 aliphatic heterocycles. The van der Waals surface area contributed by atoms with Gasteiger partial charge in [0.25, 0.3) is 0 Å². The second-order valence-electron chi connectivity index (χ2n) is 3.71. The number of para-hydroxylation sites is 1. The molecule has 0 aliphatic carbocycles. The van der Waals surface area contributed by atoms with E-state index in [9.17, 15) is 8.42 Å². The fourth-order valence-electron chi connectivity index (χ4n) is 1.49. The lowest BCUT2D eigenvalue weighted by Crippen LogP contribution is -2.23. The molecule has 19 heavy (non-hydrogen) atoms. The molecular weight excluding hydrogens is 270 g/mol. The van der Waals surface area contributed by atoms with Crippen molar-refractivity contribution >= 4 is 10.0 Å². The molecule has 1 aromatic carbocycles. The Hall–Kier alpha value is -1.93. The van der Waals surface area contributed by atoms with Gasteiger partial charge in [-0.1, -0.05) is 17.3 Å². The molecule has 2 rings (SSSR count). The first-order chi connectivity index (χ1) is 9.03. The lowest BCUT2D eigenvalue weighted by Gasteiger charge is -2.08. The topological polar surface area (TPSA) is 94.3 Å². The Bertz CT molecular complexity index is 666. The Kier molecular flexibility index (Phi) is 3.82. The molecule has 0 saturated heterocycles. The predicted octanol–water partition coefficient (Wildman–Crippen LogP) is 0.865. The second kappa shape index (κ2) is 5.37. The first-order valence-corrected chi connectivity index (χ1v) is 6.93. The summed E-state index contributed by atoms with van der Waals surface area (Å²) in [6.45, 7) is 1.59. The number of ether oxygens (including phenoxy) is 1. The molecule has 102 valence electrons. The first-order valence-electron chi connectivity index (χ1n) is 5.45. The van der Waals surface area contributed by atoms with E-state index < -0.39 is 10.0 Å². The minimum Gasteiger partial charge on any atom is -0.495 e. The summed E-state index contributed by atoms with van der Waals surface area (Å²) in [5, 5.41) is 3.58. The summed E-state index contributed by atoms with van der Waals surface area (Å²) in [4.78, 5) is 3.98. The lowest BCUT2D eigenvalue weighted by atomic mass is 10.3. The average molecular weight is 283 g/mol. The monoisotopic (exact) mass is 283 g/mol. The van der Waals surface area contributed by atoms with E-state index in [0.29, 0.717) is 5.82 Å². The number of hydrogen-bond acceptors (Lipinski definition) is 6. The van der Waals surface area contributed by atoms with Crippen molar-refractivity contribution in [3.05, 3.63) is 36.0 Å². The Morgan fingerprint density at radius 1 is 1.37 bits per heavy atom. The maximum atomic E-state index is 12.1. The molecule has 1 aromatic heterocycles. The highest BCUT2D eigenvalue weighted by Gasteiger charge is 2.19. The quantitative estimate of drug-likeness (QED) is 0.874. The Balaban J connectivity index is 2.18. The number of methoxy groups -OCH3 is 1. The van der Waals surface area contributed by atoms with Gasteiger partial charge in [-0.2, -0.15) is 4.98 Å². The molecule has 0 atom stereocenters. The van der Waals surface area contributed by atoms with Crippen molar-refractivity contribution in [2.45, 2.75) is 18.4 Å². The van der Waals surface area contributed by atoms with Crippen molar-refractivity contribution < 1.29 is 17.7 Å². The third-order valence-electron chi connectivity index (χ3n) is 2.34. The van der Waals surface area contributed by atoms with Gasteiger partial charge in [0.15, 0.2) is 5.82 Å². The van der Waals surface area contributed by atoms with Gasteiger partial charge in [-0.15, -0.1) is 0 Å².